The van der Waals surface area contributed by atoms with Crippen molar-refractivity contribution in [3.63, 3.8) is 0 Å². The second kappa shape index (κ2) is 10.1. The molecule has 124 valence electrons. The number of carbonyl (C=O) groups excluding carboxylic acids is 1. The van der Waals surface area contributed by atoms with Gasteiger partial charge in [0.25, 0.3) is 0 Å². The average molecular weight is 299 g/mol. The molecule has 1 aliphatic heterocycles. The smallest absolute Gasteiger partial charge is 0.237 e. The van der Waals surface area contributed by atoms with E-state index in [9.17, 15) is 4.79 Å². The molecular weight excluding hydrogens is 266 g/mol. The Morgan fingerprint density at radius 2 is 2.10 bits per heavy atom. The van der Waals surface area contributed by atoms with E-state index in [-0.39, 0.29) is 11.9 Å². The van der Waals surface area contributed by atoms with Gasteiger partial charge in [-0.05, 0) is 46.2 Å². The Balaban J connectivity index is 2.56. The molecule has 0 spiro atoms. The van der Waals surface area contributed by atoms with Gasteiger partial charge < -0.3 is 15.4 Å². The first-order valence-electron chi connectivity index (χ1n) is 8.37. The molecule has 2 N–H and O–H groups in total. The van der Waals surface area contributed by atoms with E-state index in [1.165, 1.54) is 19.3 Å². The van der Waals surface area contributed by atoms with E-state index >= 15 is 0 Å². The lowest BCUT2D eigenvalue weighted by Gasteiger charge is -2.42. The van der Waals surface area contributed by atoms with Crippen LogP contribution in [0, 0.1) is 0 Å². The molecule has 1 aliphatic rings. The Morgan fingerprint density at radius 1 is 1.33 bits per heavy atom. The Morgan fingerprint density at radius 3 is 2.76 bits per heavy atom. The first-order chi connectivity index (χ1) is 10.1. The highest BCUT2D eigenvalue weighted by Gasteiger charge is 2.32. The molecule has 1 amide bonds. The first kappa shape index (κ1) is 18.4. The highest BCUT2D eigenvalue weighted by atomic mass is 16.5. The maximum atomic E-state index is 12.3. The molecular formula is C16H33N3O2. The van der Waals surface area contributed by atoms with Crippen LogP contribution in [0.2, 0.25) is 0 Å². The van der Waals surface area contributed by atoms with E-state index in [1.807, 2.05) is 6.92 Å². The van der Waals surface area contributed by atoms with Crippen molar-refractivity contribution in [2.24, 2.45) is 0 Å². The molecule has 0 saturated carbocycles. The van der Waals surface area contributed by atoms with Crippen LogP contribution in [0.3, 0.4) is 0 Å². The number of piperidine rings is 1. The third-order valence-electron chi connectivity index (χ3n) is 4.37. The second-order valence-electron chi connectivity index (χ2n) is 6.00. The van der Waals surface area contributed by atoms with Crippen LogP contribution in [0.15, 0.2) is 0 Å². The number of likely N-dealkylation sites (tertiary alicyclic amines) is 1. The molecule has 21 heavy (non-hydrogen) atoms. The van der Waals surface area contributed by atoms with Gasteiger partial charge >= 0.3 is 0 Å². The van der Waals surface area contributed by atoms with Crippen molar-refractivity contribution in [3.8, 4) is 0 Å². The zero-order valence-corrected chi connectivity index (χ0v) is 14.2. The van der Waals surface area contributed by atoms with Crippen LogP contribution in [0.5, 0.6) is 0 Å². The van der Waals surface area contributed by atoms with E-state index in [4.69, 9.17) is 4.74 Å². The fraction of sp³-hybridized carbons (Fsp3) is 0.938. The number of hydrogen-bond donors (Lipinski definition) is 2. The van der Waals surface area contributed by atoms with Gasteiger partial charge in [0.1, 0.15) is 0 Å². The monoisotopic (exact) mass is 299 g/mol. The van der Waals surface area contributed by atoms with Crippen LogP contribution < -0.4 is 10.6 Å². The number of nitrogens with zero attached hydrogens (tertiary/aromatic N) is 1. The number of hydrogen-bond acceptors (Lipinski definition) is 4. The fourth-order valence-electron chi connectivity index (χ4n) is 3.08. The minimum absolute atomic E-state index is 0.0713. The maximum absolute atomic E-state index is 12.3. The van der Waals surface area contributed by atoms with Crippen LogP contribution >= 0.6 is 0 Å². The van der Waals surface area contributed by atoms with Crippen LogP contribution in [0.25, 0.3) is 0 Å². The Hall–Kier alpha value is -0.650. The standard InChI is InChI=1S/C16H33N3O2/c1-5-9-17-13(2)15-8-6-7-11-19(15)14(3)16(20)18-10-12-21-4/h13-15,17H,5-12H2,1-4H3,(H,18,20). The normalized spacial score (nSPS) is 22.8. The number of rotatable bonds is 9. The summed E-state index contributed by atoms with van der Waals surface area (Å²) in [7, 11) is 1.65. The molecule has 0 aromatic carbocycles. The molecule has 1 rings (SSSR count). The molecule has 3 unspecified atom stereocenters. The fourth-order valence-corrected chi connectivity index (χ4v) is 3.08. The van der Waals surface area contributed by atoms with Crippen molar-refractivity contribution in [2.45, 2.75) is 64.6 Å². The Bertz CT molecular complexity index is 299. The van der Waals surface area contributed by atoms with E-state index in [0.29, 0.717) is 25.2 Å². The molecule has 1 saturated heterocycles. The largest absolute Gasteiger partial charge is 0.383 e. The van der Waals surface area contributed by atoms with Gasteiger partial charge in [-0.1, -0.05) is 13.3 Å². The summed E-state index contributed by atoms with van der Waals surface area (Å²) >= 11 is 0. The molecule has 5 nitrogen and oxygen atoms in total. The highest BCUT2D eigenvalue weighted by molar-refractivity contribution is 5.81. The van der Waals surface area contributed by atoms with E-state index < -0.39 is 0 Å². The van der Waals surface area contributed by atoms with Crippen LogP contribution in [-0.4, -0.2) is 62.3 Å². The highest BCUT2D eigenvalue weighted by Crippen LogP contribution is 2.22. The van der Waals surface area contributed by atoms with Crippen molar-refractivity contribution in [3.05, 3.63) is 0 Å². The zero-order valence-electron chi connectivity index (χ0n) is 14.2. The van der Waals surface area contributed by atoms with Crippen molar-refractivity contribution in [1.82, 2.24) is 15.5 Å². The second-order valence-corrected chi connectivity index (χ2v) is 6.00. The topological polar surface area (TPSA) is 53.6 Å². The molecule has 0 radical (unpaired) electrons. The van der Waals surface area contributed by atoms with Gasteiger partial charge in [0.2, 0.25) is 5.91 Å². The third kappa shape index (κ3) is 5.93. The molecule has 3 atom stereocenters. The van der Waals surface area contributed by atoms with Gasteiger partial charge in [-0.2, -0.15) is 0 Å². The van der Waals surface area contributed by atoms with Gasteiger partial charge in [0.15, 0.2) is 0 Å². The van der Waals surface area contributed by atoms with Gasteiger partial charge in [0, 0.05) is 25.7 Å². The van der Waals surface area contributed by atoms with E-state index in [2.05, 4.69) is 29.4 Å². The predicted octanol–water partition coefficient (Wildman–Crippen LogP) is 1.38. The lowest BCUT2D eigenvalue weighted by atomic mass is 9.94. The maximum Gasteiger partial charge on any atom is 0.237 e. The number of ether oxygens (including phenoxy) is 1. The summed E-state index contributed by atoms with van der Waals surface area (Å²) in [4.78, 5) is 14.6. The van der Waals surface area contributed by atoms with Gasteiger partial charge in [0.05, 0.1) is 12.6 Å². The van der Waals surface area contributed by atoms with Crippen LogP contribution in [-0.2, 0) is 9.53 Å². The molecule has 0 aromatic rings. The quantitative estimate of drug-likeness (QED) is 0.632. The van der Waals surface area contributed by atoms with Gasteiger partial charge in [-0.25, -0.2) is 0 Å². The molecule has 0 aromatic heterocycles. The van der Waals surface area contributed by atoms with Crippen molar-refractivity contribution in [2.75, 3.05) is 33.4 Å². The molecule has 1 heterocycles. The Labute approximate surface area is 129 Å². The molecule has 0 aliphatic carbocycles. The van der Waals surface area contributed by atoms with Crippen LogP contribution in [0.1, 0.15) is 46.5 Å². The molecule has 0 bridgehead atoms. The van der Waals surface area contributed by atoms with Crippen molar-refractivity contribution < 1.29 is 9.53 Å². The summed E-state index contributed by atoms with van der Waals surface area (Å²) in [5, 5.41) is 6.54. The Kier molecular flexibility index (Phi) is 8.88. The van der Waals surface area contributed by atoms with Crippen molar-refractivity contribution in [1.29, 1.82) is 0 Å². The summed E-state index contributed by atoms with van der Waals surface area (Å²) in [5.41, 5.74) is 0. The molecule has 5 heteroatoms. The summed E-state index contributed by atoms with van der Waals surface area (Å²) in [6, 6.07) is 0.811. The van der Waals surface area contributed by atoms with Gasteiger partial charge in [-0.15, -0.1) is 0 Å². The number of amides is 1. The number of nitrogens with one attached hydrogen (secondary N) is 2. The third-order valence-corrected chi connectivity index (χ3v) is 4.37. The lowest BCUT2D eigenvalue weighted by molar-refractivity contribution is -0.127. The number of carbonyl (C=O) groups is 1. The average Bonchev–Trinajstić information content (AvgIpc) is 2.52. The summed E-state index contributed by atoms with van der Waals surface area (Å²) in [5.74, 6) is 0.113. The minimum atomic E-state index is -0.0713. The first-order valence-corrected chi connectivity index (χ1v) is 8.37. The summed E-state index contributed by atoms with van der Waals surface area (Å²) in [6.07, 6.45) is 4.77. The van der Waals surface area contributed by atoms with Crippen LogP contribution in [0.4, 0.5) is 0 Å². The lowest BCUT2D eigenvalue weighted by Crippen LogP contribution is -2.57. The van der Waals surface area contributed by atoms with Crippen molar-refractivity contribution >= 4 is 5.91 Å². The zero-order chi connectivity index (χ0) is 15.7. The predicted molar refractivity (Wildman–Crippen MR) is 86.4 cm³/mol. The molecule has 1 fully saturated rings. The van der Waals surface area contributed by atoms with E-state index in [0.717, 1.165) is 19.5 Å². The summed E-state index contributed by atoms with van der Waals surface area (Å²) < 4.78 is 4.98. The number of methoxy groups -OCH3 is 1. The van der Waals surface area contributed by atoms with E-state index in [1.54, 1.807) is 7.11 Å². The minimum Gasteiger partial charge on any atom is -0.383 e. The SMILES string of the molecule is CCCNC(C)C1CCCCN1C(C)C(=O)NCCOC. The van der Waals surface area contributed by atoms with Gasteiger partial charge in [-0.3, -0.25) is 9.69 Å². The summed E-state index contributed by atoms with van der Waals surface area (Å²) in [6.45, 7) is 9.66.